The van der Waals surface area contributed by atoms with Crippen molar-refractivity contribution in [1.29, 1.82) is 0 Å². The average molecular weight is 1430 g/mol. The lowest BCUT2D eigenvalue weighted by Crippen LogP contribution is -2.01. The molecule has 0 bridgehead atoms. The molecule has 0 saturated carbocycles. The summed E-state index contributed by atoms with van der Waals surface area (Å²) in [7, 11) is 0. The molecule has 0 unspecified atom stereocenters. The molecule has 524 valence electrons. The third-order valence-electron chi connectivity index (χ3n) is 21.3. The van der Waals surface area contributed by atoms with Crippen LogP contribution in [0.15, 0.2) is 397 Å². The van der Waals surface area contributed by atoms with Gasteiger partial charge >= 0.3 is 0 Å². The van der Waals surface area contributed by atoms with Crippen molar-refractivity contribution in [3.05, 3.63) is 388 Å². The van der Waals surface area contributed by atoms with E-state index in [4.69, 9.17) is 38.7 Å². The lowest BCUT2D eigenvalue weighted by atomic mass is 10.0. The van der Waals surface area contributed by atoms with Gasteiger partial charge in [-0.1, -0.05) is 322 Å². The molecular formula is C102H64N8O2. The molecule has 0 saturated heterocycles. The van der Waals surface area contributed by atoms with Crippen LogP contribution >= 0.6 is 0 Å². The largest absolute Gasteiger partial charge is 0.455 e. The number of nitrogens with zero attached hydrogens (tertiary/aromatic N) is 8. The first-order chi connectivity index (χ1) is 55.5. The summed E-state index contributed by atoms with van der Waals surface area (Å²) < 4.78 is 17.6. The molecule has 0 atom stereocenters. The van der Waals surface area contributed by atoms with E-state index in [0.29, 0.717) is 34.9 Å². The van der Waals surface area contributed by atoms with Gasteiger partial charge in [0.1, 0.15) is 22.3 Å². The Hall–Kier alpha value is -15.3. The minimum absolute atomic E-state index is 0.610. The third kappa shape index (κ3) is 11.7. The topological polar surface area (TPSA) is 113 Å². The Morgan fingerprint density at radius 3 is 0.902 bits per heavy atom. The summed E-state index contributed by atoms with van der Waals surface area (Å²) in [6.07, 6.45) is 0. The Morgan fingerprint density at radius 2 is 0.455 bits per heavy atom. The van der Waals surface area contributed by atoms with E-state index in [-0.39, 0.29) is 0 Å². The molecule has 16 aromatic carbocycles. The highest BCUT2D eigenvalue weighted by atomic mass is 16.3. The van der Waals surface area contributed by atoms with Crippen LogP contribution in [0.4, 0.5) is 0 Å². The average Bonchev–Trinajstić information content (AvgIpc) is 1.59. The van der Waals surface area contributed by atoms with Crippen LogP contribution in [-0.4, -0.2) is 39.0 Å². The van der Waals surface area contributed by atoms with Gasteiger partial charge in [0.25, 0.3) is 0 Å². The highest BCUT2D eigenvalue weighted by Crippen LogP contribution is 2.43. The molecule has 10 nitrogen and oxygen atoms in total. The second-order valence-corrected chi connectivity index (χ2v) is 28.1. The van der Waals surface area contributed by atoms with Crippen LogP contribution in [0.25, 0.3) is 212 Å². The van der Waals surface area contributed by atoms with Crippen molar-refractivity contribution in [2.45, 2.75) is 0 Å². The zero-order valence-electron chi connectivity index (χ0n) is 60.3. The van der Waals surface area contributed by atoms with Gasteiger partial charge in [0.15, 0.2) is 34.9 Å². The molecule has 22 aromatic rings. The van der Waals surface area contributed by atoms with Crippen molar-refractivity contribution in [3.8, 4) is 124 Å². The first-order valence-corrected chi connectivity index (χ1v) is 37.5. The van der Waals surface area contributed by atoms with Crippen molar-refractivity contribution < 1.29 is 8.83 Å². The SMILES string of the molecule is c1ccc(-c2ccc(-c3nc(-c4ccccc4)nc(-c4cccc(-n5c6ccccc6c6ccc(-c7cccc8c7oc7ccccc78)cc65)c4)n3)cc2)cc1.c1ccc(-c2cccc(-c3nc(-c4ccccc4)nc(-c4cccc(-n5c6ccccc6c6ccc(-c7cccc8c7oc7ccccc78)cc65)c4)n3)c2)cc1. The fourth-order valence-corrected chi connectivity index (χ4v) is 16.0. The summed E-state index contributed by atoms with van der Waals surface area (Å²) in [6.45, 7) is 0. The molecular weight excluding hydrogens is 1370 g/mol. The monoisotopic (exact) mass is 1430 g/mol. The molecule has 0 spiro atoms. The van der Waals surface area contributed by atoms with Gasteiger partial charge in [-0.05, 0) is 100 Å². The van der Waals surface area contributed by atoms with E-state index >= 15 is 0 Å². The normalized spacial score (nSPS) is 11.6. The smallest absolute Gasteiger partial charge is 0.164 e. The fraction of sp³-hybridized carbons (Fsp3) is 0. The molecule has 0 aliphatic rings. The summed E-state index contributed by atoms with van der Waals surface area (Å²) in [4.78, 5) is 30.4. The Labute approximate surface area is 643 Å². The van der Waals surface area contributed by atoms with Gasteiger partial charge < -0.3 is 18.0 Å². The van der Waals surface area contributed by atoms with Crippen molar-refractivity contribution in [2.24, 2.45) is 0 Å². The molecule has 0 aliphatic heterocycles. The van der Waals surface area contributed by atoms with E-state index in [2.05, 4.69) is 300 Å². The van der Waals surface area contributed by atoms with Gasteiger partial charge in [-0.15, -0.1) is 0 Å². The van der Waals surface area contributed by atoms with Gasteiger partial charge in [0.2, 0.25) is 0 Å². The zero-order valence-corrected chi connectivity index (χ0v) is 60.3. The van der Waals surface area contributed by atoms with Gasteiger partial charge in [-0.3, -0.25) is 0 Å². The minimum atomic E-state index is 0.610. The van der Waals surface area contributed by atoms with Crippen LogP contribution in [-0.2, 0) is 0 Å². The molecule has 6 aromatic heterocycles. The summed E-state index contributed by atoms with van der Waals surface area (Å²) in [5.41, 5.74) is 24.5. The number of hydrogen-bond donors (Lipinski definition) is 0. The lowest BCUT2D eigenvalue weighted by Gasteiger charge is -2.12. The van der Waals surface area contributed by atoms with E-state index in [1.807, 2.05) is 97.1 Å². The molecule has 22 rings (SSSR count). The Morgan fingerprint density at radius 1 is 0.170 bits per heavy atom. The first kappa shape index (κ1) is 65.1. The van der Waals surface area contributed by atoms with E-state index < -0.39 is 0 Å². The molecule has 6 heterocycles. The molecule has 10 heteroatoms. The fourth-order valence-electron chi connectivity index (χ4n) is 16.0. The number of hydrogen-bond acceptors (Lipinski definition) is 8. The number of para-hydroxylation sites is 6. The predicted octanol–water partition coefficient (Wildman–Crippen LogP) is 26.4. The second-order valence-electron chi connectivity index (χ2n) is 28.1. The maximum absolute atomic E-state index is 6.47. The van der Waals surface area contributed by atoms with E-state index in [0.717, 1.165) is 150 Å². The van der Waals surface area contributed by atoms with Crippen LogP contribution in [0.3, 0.4) is 0 Å². The molecule has 0 N–H and O–H groups in total. The summed E-state index contributed by atoms with van der Waals surface area (Å²) in [6, 6.07) is 135. The minimum Gasteiger partial charge on any atom is -0.455 e. The number of fused-ring (bicyclic) bond motifs is 12. The highest BCUT2D eigenvalue weighted by Gasteiger charge is 2.22. The van der Waals surface area contributed by atoms with Gasteiger partial charge in [-0.25, -0.2) is 29.9 Å². The number of furan rings is 2. The van der Waals surface area contributed by atoms with Crippen LogP contribution in [0.1, 0.15) is 0 Å². The number of benzene rings is 16. The zero-order chi connectivity index (χ0) is 74.0. The van der Waals surface area contributed by atoms with Crippen LogP contribution < -0.4 is 0 Å². The maximum atomic E-state index is 6.47. The van der Waals surface area contributed by atoms with Crippen molar-refractivity contribution in [3.63, 3.8) is 0 Å². The second kappa shape index (κ2) is 27.5. The maximum Gasteiger partial charge on any atom is 0.164 e. The van der Waals surface area contributed by atoms with E-state index in [1.54, 1.807) is 0 Å². The molecule has 0 fully saturated rings. The van der Waals surface area contributed by atoms with E-state index in [9.17, 15) is 0 Å². The van der Waals surface area contributed by atoms with Gasteiger partial charge in [-0.2, -0.15) is 0 Å². The quantitative estimate of drug-likeness (QED) is 0.119. The lowest BCUT2D eigenvalue weighted by molar-refractivity contribution is 0.669. The third-order valence-corrected chi connectivity index (χ3v) is 21.3. The predicted molar refractivity (Wildman–Crippen MR) is 457 cm³/mol. The summed E-state index contributed by atoms with van der Waals surface area (Å²) in [5, 5.41) is 9.21. The molecule has 0 aliphatic carbocycles. The van der Waals surface area contributed by atoms with Crippen molar-refractivity contribution >= 4 is 87.5 Å². The standard InChI is InChI=1S/2C51H32N4O/c1-3-14-33(15-4-1)35-18-11-19-37(30-35)50-52-49(34-16-5-2-6-17-34)53-51(54-50)38-20-12-21-39(31-38)55-45-26-9-7-22-41(45)42-29-28-36(32-46(42)55)40-24-13-25-44-43-23-8-10-27-47(43)56-48(40)44;1-3-13-33(14-4-1)34-25-27-36(28-26-34)50-52-49(35-15-5-2-6-16-35)53-51(54-50)38-17-11-18-39(31-38)55-45-23-9-7-19-41(45)42-30-29-37(32-46(42)55)40-21-12-22-44-43-20-8-10-24-47(43)56-48(40)44/h2*1-32H. The first-order valence-electron chi connectivity index (χ1n) is 37.5. The Balaban J connectivity index is 0.000000141. The summed E-state index contributed by atoms with van der Waals surface area (Å²) in [5.74, 6) is 3.73. The highest BCUT2D eigenvalue weighted by molar-refractivity contribution is 6.15. The molecule has 0 radical (unpaired) electrons. The van der Waals surface area contributed by atoms with E-state index in [1.165, 1.54) is 27.1 Å². The van der Waals surface area contributed by atoms with Gasteiger partial charge in [0.05, 0.1) is 22.1 Å². The molecule has 0 amide bonds. The van der Waals surface area contributed by atoms with Crippen LogP contribution in [0.2, 0.25) is 0 Å². The summed E-state index contributed by atoms with van der Waals surface area (Å²) >= 11 is 0. The molecule has 112 heavy (non-hydrogen) atoms. The number of rotatable bonds is 12. The van der Waals surface area contributed by atoms with Crippen molar-refractivity contribution in [2.75, 3.05) is 0 Å². The van der Waals surface area contributed by atoms with Crippen LogP contribution in [0.5, 0.6) is 0 Å². The number of aromatic nitrogens is 8. The Kier molecular flexibility index (Phi) is 16.0. The van der Waals surface area contributed by atoms with Gasteiger partial charge in [0, 0.05) is 99.0 Å². The Bertz CT molecular complexity index is 7370. The van der Waals surface area contributed by atoms with Crippen LogP contribution in [0, 0.1) is 0 Å². The van der Waals surface area contributed by atoms with Crippen molar-refractivity contribution in [1.82, 2.24) is 39.0 Å².